The van der Waals surface area contributed by atoms with Crippen LogP contribution >= 0.6 is 0 Å². The van der Waals surface area contributed by atoms with Crippen molar-refractivity contribution in [1.29, 1.82) is 0 Å². The molecular formula is C18H26N2OS. The van der Waals surface area contributed by atoms with Crippen LogP contribution < -0.4 is 0 Å². The fourth-order valence-electron chi connectivity index (χ4n) is 3.48. The lowest BCUT2D eigenvalue weighted by atomic mass is 10.00. The van der Waals surface area contributed by atoms with Crippen molar-refractivity contribution >= 4 is 16.7 Å². The highest BCUT2D eigenvalue weighted by Crippen LogP contribution is 2.37. The molecule has 0 unspecified atom stereocenters. The lowest BCUT2D eigenvalue weighted by Gasteiger charge is -2.18. The molecule has 1 saturated heterocycles. The van der Waals surface area contributed by atoms with Crippen molar-refractivity contribution in [1.82, 2.24) is 4.90 Å². The summed E-state index contributed by atoms with van der Waals surface area (Å²) in [6.45, 7) is 9.23. The van der Waals surface area contributed by atoms with Crippen LogP contribution in [0.4, 0.5) is 0 Å². The number of fused-ring (bicyclic) bond motifs is 1. The summed E-state index contributed by atoms with van der Waals surface area (Å²) < 4.78 is 16.6. The molecule has 1 aliphatic carbocycles. The van der Waals surface area contributed by atoms with E-state index in [1.54, 1.807) is 0 Å². The molecule has 3 atom stereocenters. The van der Waals surface area contributed by atoms with Crippen molar-refractivity contribution in [3.05, 3.63) is 35.9 Å². The summed E-state index contributed by atoms with van der Waals surface area (Å²) in [6.07, 6.45) is 2.24. The molecule has 1 aromatic rings. The molecule has 2 aliphatic rings. The van der Waals surface area contributed by atoms with Gasteiger partial charge in [-0.2, -0.15) is 4.40 Å². The van der Waals surface area contributed by atoms with Gasteiger partial charge in [0.25, 0.3) is 0 Å². The van der Waals surface area contributed by atoms with E-state index in [0.717, 1.165) is 26.1 Å². The summed E-state index contributed by atoms with van der Waals surface area (Å²) in [7, 11) is -1.12. The van der Waals surface area contributed by atoms with Crippen LogP contribution in [0.3, 0.4) is 0 Å². The van der Waals surface area contributed by atoms with Gasteiger partial charge in [-0.3, -0.25) is 4.90 Å². The Morgan fingerprint density at radius 2 is 1.95 bits per heavy atom. The Bertz CT molecular complexity index is 576. The van der Waals surface area contributed by atoms with Gasteiger partial charge in [-0.25, -0.2) is 4.21 Å². The van der Waals surface area contributed by atoms with E-state index < -0.39 is 11.0 Å². The molecular weight excluding hydrogens is 292 g/mol. The first-order chi connectivity index (χ1) is 10.4. The fraction of sp³-hybridized carbons (Fsp3) is 0.611. The highest BCUT2D eigenvalue weighted by atomic mass is 32.2. The Morgan fingerprint density at radius 3 is 2.64 bits per heavy atom. The zero-order valence-corrected chi connectivity index (χ0v) is 14.6. The van der Waals surface area contributed by atoms with Crippen molar-refractivity contribution in [2.24, 2.45) is 16.2 Å². The summed E-state index contributed by atoms with van der Waals surface area (Å²) in [4.78, 5) is 2.53. The third-order valence-corrected chi connectivity index (χ3v) is 6.14. The smallest absolute Gasteiger partial charge is 0.144 e. The number of rotatable bonds is 3. The molecule has 22 heavy (non-hydrogen) atoms. The second-order valence-corrected chi connectivity index (χ2v) is 9.43. The van der Waals surface area contributed by atoms with E-state index in [9.17, 15) is 4.21 Å². The molecule has 4 heteroatoms. The second kappa shape index (κ2) is 6.25. The van der Waals surface area contributed by atoms with Gasteiger partial charge in [0, 0.05) is 31.3 Å². The van der Waals surface area contributed by atoms with Gasteiger partial charge in [0.2, 0.25) is 0 Å². The van der Waals surface area contributed by atoms with Crippen LogP contribution in [0, 0.1) is 11.8 Å². The molecule has 0 radical (unpaired) electrons. The maximum Gasteiger partial charge on any atom is 0.144 e. The van der Waals surface area contributed by atoms with E-state index in [2.05, 4.69) is 39.6 Å². The van der Waals surface area contributed by atoms with E-state index >= 15 is 0 Å². The molecule has 2 fully saturated rings. The lowest BCUT2D eigenvalue weighted by molar-refractivity contribution is 0.312. The Hall–Kier alpha value is -1.00. The van der Waals surface area contributed by atoms with Gasteiger partial charge in [-0.15, -0.1) is 0 Å². The molecule has 1 aliphatic heterocycles. The number of benzene rings is 1. The van der Waals surface area contributed by atoms with Gasteiger partial charge in [0.05, 0.1) is 4.75 Å². The predicted octanol–water partition coefficient (Wildman–Crippen LogP) is 3.43. The summed E-state index contributed by atoms with van der Waals surface area (Å²) in [5.74, 6) is 1.23. The highest BCUT2D eigenvalue weighted by Gasteiger charge is 2.40. The maximum absolute atomic E-state index is 12.3. The normalized spacial score (nSPS) is 29.0. The van der Waals surface area contributed by atoms with Crippen LogP contribution in [0.2, 0.25) is 0 Å². The molecule has 1 aromatic carbocycles. The van der Waals surface area contributed by atoms with Gasteiger partial charge in [-0.1, -0.05) is 30.3 Å². The van der Waals surface area contributed by atoms with Crippen LogP contribution in [0.5, 0.6) is 0 Å². The SMILES string of the molecule is CC(C)(C)[S@](=O)/N=C1\CC[C@H]2CN(Cc3ccccc3)C[C@@H]12. The monoisotopic (exact) mass is 318 g/mol. The summed E-state index contributed by atoms with van der Waals surface area (Å²) in [5.41, 5.74) is 2.58. The van der Waals surface area contributed by atoms with Crippen LogP contribution in [0.15, 0.2) is 34.7 Å². The molecule has 0 bridgehead atoms. The standard InChI is InChI=1S/C18H26N2OS/c1-18(2,3)22(21)19-17-10-9-15-12-20(13-16(15)17)11-14-7-5-4-6-8-14/h4-8,15-16H,9-13H2,1-3H3/b19-17+/t15-,16+,22-/m0/s1. The van der Waals surface area contributed by atoms with Crippen molar-refractivity contribution in [3.8, 4) is 0 Å². The first kappa shape index (κ1) is 15.9. The average Bonchev–Trinajstić information content (AvgIpc) is 3.00. The molecule has 1 saturated carbocycles. The summed E-state index contributed by atoms with van der Waals surface area (Å²) >= 11 is 0. The Balaban J connectivity index is 1.66. The van der Waals surface area contributed by atoms with Crippen molar-refractivity contribution in [2.75, 3.05) is 13.1 Å². The minimum Gasteiger partial charge on any atom is -0.298 e. The summed E-state index contributed by atoms with van der Waals surface area (Å²) in [6, 6.07) is 10.7. The number of likely N-dealkylation sites (tertiary alicyclic amines) is 1. The molecule has 3 nitrogen and oxygen atoms in total. The van der Waals surface area contributed by atoms with E-state index in [1.165, 1.54) is 17.7 Å². The van der Waals surface area contributed by atoms with Crippen molar-refractivity contribution < 1.29 is 4.21 Å². The number of hydrogen-bond donors (Lipinski definition) is 0. The van der Waals surface area contributed by atoms with Gasteiger partial charge in [0.15, 0.2) is 0 Å². The molecule has 0 spiro atoms. The van der Waals surface area contributed by atoms with E-state index in [4.69, 9.17) is 0 Å². The van der Waals surface area contributed by atoms with E-state index in [-0.39, 0.29) is 4.75 Å². The minimum atomic E-state index is -1.12. The quantitative estimate of drug-likeness (QED) is 0.855. The van der Waals surface area contributed by atoms with E-state index in [0.29, 0.717) is 11.8 Å². The first-order valence-corrected chi connectivity index (χ1v) is 9.30. The Kier molecular flexibility index (Phi) is 4.51. The topological polar surface area (TPSA) is 32.7 Å². The fourth-order valence-corrected chi connectivity index (χ4v) is 4.19. The third-order valence-electron chi connectivity index (χ3n) is 4.69. The van der Waals surface area contributed by atoms with Crippen LogP contribution in [0.25, 0.3) is 0 Å². The van der Waals surface area contributed by atoms with Gasteiger partial charge >= 0.3 is 0 Å². The predicted molar refractivity (Wildman–Crippen MR) is 93.3 cm³/mol. The second-order valence-electron chi connectivity index (χ2n) is 7.53. The lowest BCUT2D eigenvalue weighted by Crippen LogP contribution is -2.25. The van der Waals surface area contributed by atoms with Crippen LogP contribution in [-0.4, -0.2) is 32.7 Å². The molecule has 0 N–H and O–H groups in total. The zero-order valence-electron chi connectivity index (χ0n) is 13.8. The van der Waals surface area contributed by atoms with Crippen LogP contribution in [-0.2, 0) is 17.5 Å². The maximum atomic E-state index is 12.3. The minimum absolute atomic E-state index is 0.257. The Labute approximate surface area is 136 Å². The third kappa shape index (κ3) is 3.49. The van der Waals surface area contributed by atoms with Gasteiger partial charge in [0.1, 0.15) is 11.0 Å². The molecule has 1 heterocycles. The molecule has 3 rings (SSSR count). The largest absolute Gasteiger partial charge is 0.298 e. The Morgan fingerprint density at radius 1 is 1.23 bits per heavy atom. The number of hydrogen-bond acceptors (Lipinski definition) is 2. The summed E-state index contributed by atoms with van der Waals surface area (Å²) in [5, 5.41) is 0. The van der Waals surface area contributed by atoms with Crippen molar-refractivity contribution in [2.45, 2.75) is 44.9 Å². The van der Waals surface area contributed by atoms with Crippen molar-refractivity contribution in [3.63, 3.8) is 0 Å². The average molecular weight is 318 g/mol. The highest BCUT2D eigenvalue weighted by molar-refractivity contribution is 7.85. The van der Waals surface area contributed by atoms with Gasteiger partial charge < -0.3 is 0 Å². The van der Waals surface area contributed by atoms with Crippen LogP contribution in [0.1, 0.15) is 39.2 Å². The number of nitrogens with zero attached hydrogens (tertiary/aromatic N) is 2. The molecule has 120 valence electrons. The van der Waals surface area contributed by atoms with Gasteiger partial charge in [-0.05, 0) is 45.1 Å². The molecule has 0 amide bonds. The van der Waals surface area contributed by atoms with E-state index in [1.807, 2.05) is 20.8 Å². The zero-order chi connectivity index (χ0) is 15.7. The molecule has 0 aromatic heterocycles. The first-order valence-electron chi connectivity index (χ1n) is 8.19.